The molecule has 0 bridgehead atoms. The van der Waals surface area contributed by atoms with Crippen molar-refractivity contribution in [3.63, 3.8) is 0 Å². The average Bonchev–Trinajstić information content (AvgIpc) is 3.35. The van der Waals surface area contributed by atoms with Crippen molar-refractivity contribution < 1.29 is 28.6 Å². The van der Waals surface area contributed by atoms with Crippen LogP contribution in [0.25, 0.3) is 0 Å². The van der Waals surface area contributed by atoms with Gasteiger partial charge in [-0.3, -0.25) is 14.4 Å². The van der Waals surface area contributed by atoms with E-state index >= 15 is 0 Å². The van der Waals surface area contributed by atoms with Crippen LogP contribution in [-0.2, 0) is 28.6 Å². The first-order chi connectivity index (χ1) is 34.0. The Morgan fingerprint density at radius 3 is 0.768 bits per heavy atom. The quantitative estimate of drug-likeness (QED) is 0.0261. The molecular weight excluding hydrogens is 853 g/mol. The van der Waals surface area contributed by atoms with E-state index in [1.165, 1.54) is 231 Å². The largest absolute Gasteiger partial charge is 0.462 e. The lowest BCUT2D eigenvalue weighted by molar-refractivity contribution is -0.167. The van der Waals surface area contributed by atoms with Crippen molar-refractivity contribution in [2.24, 2.45) is 0 Å². The Balaban J connectivity index is 4.15. The van der Waals surface area contributed by atoms with Crippen molar-refractivity contribution in [2.75, 3.05) is 13.2 Å². The second kappa shape index (κ2) is 58.5. The van der Waals surface area contributed by atoms with Crippen LogP contribution in [0.5, 0.6) is 0 Å². The maximum absolute atomic E-state index is 12.8. The first-order valence-electron chi connectivity index (χ1n) is 30.8. The van der Waals surface area contributed by atoms with Gasteiger partial charge in [-0.2, -0.15) is 0 Å². The van der Waals surface area contributed by atoms with E-state index in [-0.39, 0.29) is 31.1 Å². The highest BCUT2D eigenvalue weighted by Gasteiger charge is 2.19. The second-order valence-electron chi connectivity index (χ2n) is 21.0. The van der Waals surface area contributed by atoms with Crippen LogP contribution in [0.3, 0.4) is 0 Å². The second-order valence-corrected chi connectivity index (χ2v) is 21.0. The van der Waals surface area contributed by atoms with Crippen LogP contribution in [0, 0.1) is 0 Å². The summed E-state index contributed by atoms with van der Waals surface area (Å²) in [6.45, 7) is 6.64. The van der Waals surface area contributed by atoms with E-state index in [2.05, 4.69) is 45.1 Å². The third-order valence-corrected chi connectivity index (χ3v) is 13.9. The maximum atomic E-state index is 12.8. The number of carbonyl (C=O) groups is 3. The maximum Gasteiger partial charge on any atom is 0.306 e. The van der Waals surface area contributed by atoms with Crippen molar-refractivity contribution >= 4 is 17.9 Å². The average molecular weight is 972 g/mol. The molecule has 0 amide bonds. The Bertz CT molecular complexity index is 1110. The van der Waals surface area contributed by atoms with E-state index in [1.54, 1.807) is 0 Å². The number of esters is 3. The normalized spacial score (nSPS) is 12.1. The van der Waals surface area contributed by atoms with E-state index in [0.29, 0.717) is 19.3 Å². The molecule has 1 atom stereocenters. The van der Waals surface area contributed by atoms with Crippen LogP contribution in [0.15, 0.2) is 24.3 Å². The molecule has 0 aromatic carbocycles. The lowest BCUT2D eigenvalue weighted by Crippen LogP contribution is -2.30. The zero-order chi connectivity index (χ0) is 50.0. The third kappa shape index (κ3) is 56.7. The van der Waals surface area contributed by atoms with E-state index in [4.69, 9.17) is 14.2 Å². The number of rotatable bonds is 57. The molecule has 0 N–H and O–H groups in total. The van der Waals surface area contributed by atoms with E-state index in [9.17, 15) is 14.4 Å². The molecule has 0 saturated heterocycles. The summed E-state index contributed by atoms with van der Waals surface area (Å²) in [7, 11) is 0. The molecule has 0 aromatic rings. The van der Waals surface area contributed by atoms with Crippen molar-refractivity contribution in [2.45, 2.75) is 348 Å². The van der Waals surface area contributed by atoms with Crippen molar-refractivity contribution in [1.29, 1.82) is 0 Å². The lowest BCUT2D eigenvalue weighted by Gasteiger charge is -2.18. The summed E-state index contributed by atoms with van der Waals surface area (Å²) >= 11 is 0. The molecule has 1 unspecified atom stereocenters. The summed E-state index contributed by atoms with van der Waals surface area (Å²) in [5, 5.41) is 0. The highest BCUT2D eigenvalue weighted by molar-refractivity contribution is 5.71. The summed E-state index contributed by atoms with van der Waals surface area (Å²) in [5.74, 6) is -0.872. The van der Waals surface area contributed by atoms with Gasteiger partial charge in [0.2, 0.25) is 0 Å². The van der Waals surface area contributed by atoms with E-state index < -0.39 is 6.10 Å². The van der Waals surface area contributed by atoms with Crippen molar-refractivity contribution in [1.82, 2.24) is 0 Å². The summed E-state index contributed by atoms with van der Waals surface area (Å²) < 4.78 is 16.9. The smallest absolute Gasteiger partial charge is 0.306 e. The van der Waals surface area contributed by atoms with Crippen LogP contribution in [0.4, 0.5) is 0 Å². The number of hydrogen-bond acceptors (Lipinski definition) is 6. The van der Waals surface area contributed by atoms with E-state index in [1.807, 2.05) is 0 Å². The molecule has 0 saturated carbocycles. The van der Waals surface area contributed by atoms with Gasteiger partial charge in [0.1, 0.15) is 13.2 Å². The molecular formula is C63H118O6. The summed E-state index contributed by atoms with van der Waals surface area (Å²) in [6.07, 6.45) is 69.1. The van der Waals surface area contributed by atoms with Crippen molar-refractivity contribution in [3.05, 3.63) is 24.3 Å². The number of ether oxygens (including phenoxy) is 3. The minimum atomic E-state index is -0.775. The predicted octanol–water partition coefficient (Wildman–Crippen LogP) is 20.7. The van der Waals surface area contributed by atoms with Crippen LogP contribution in [0.2, 0.25) is 0 Å². The van der Waals surface area contributed by atoms with Gasteiger partial charge in [0, 0.05) is 19.3 Å². The number of hydrogen-bond donors (Lipinski definition) is 0. The molecule has 6 nitrogen and oxygen atoms in total. The molecule has 0 radical (unpaired) electrons. The topological polar surface area (TPSA) is 78.9 Å². The molecule has 406 valence electrons. The van der Waals surface area contributed by atoms with Gasteiger partial charge in [-0.25, -0.2) is 0 Å². The number of unbranched alkanes of at least 4 members (excludes halogenated alkanes) is 42. The fourth-order valence-electron chi connectivity index (χ4n) is 9.26. The number of allylic oxidation sites excluding steroid dienone is 4. The Labute approximate surface area is 430 Å². The van der Waals surface area contributed by atoms with Gasteiger partial charge in [0.25, 0.3) is 0 Å². The zero-order valence-electron chi connectivity index (χ0n) is 46.6. The molecule has 0 aliphatic carbocycles. The molecule has 6 heteroatoms. The zero-order valence-corrected chi connectivity index (χ0v) is 46.6. The number of carbonyl (C=O) groups excluding carboxylic acids is 3. The Morgan fingerprint density at radius 1 is 0.275 bits per heavy atom. The minimum absolute atomic E-state index is 0.0729. The highest BCUT2D eigenvalue weighted by atomic mass is 16.6. The Morgan fingerprint density at radius 2 is 0.478 bits per heavy atom. The SMILES string of the molecule is CCCCC/C=C\CCCCCCCC(=O)OCC(COC(=O)CCCCCCCCCCCCCCCCCCCCCCCCCCCC)OC(=O)CCCCCCC/C=C\CCCCCC. The van der Waals surface area contributed by atoms with Gasteiger partial charge in [0.15, 0.2) is 6.10 Å². The molecule has 0 heterocycles. The molecule has 0 aliphatic rings. The van der Waals surface area contributed by atoms with Gasteiger partial charge >= 0.3 is 17.9 Å². The third-order valence-electron chi connectivity index (χ3n) is 13.9. The highest BCUT2D eigenvalue weighted by Crippen LogP contribution is 2.18. The monoisotopic (exact) mass is 971 g/mol. The minimum Gasteiger partial charge on any atom is -0.462 e. The summed E-state index contributed by atoms with van der Waals surface area (Å²) in [4.78, 5) is 38.1. The van der Waals surface area contributed by atoms with Gasteiger partial charge in [-0.15, -0.1) is 0 Å². The fourth-order valence-corrected chi connectivity index (χ4v) is 9.26. The van der Waals surface area contributed by atoms with Crippen LogP contribution >= 0.6 is 0 Å². The first kappa shape index (κ1) is 66.9. The Hall–Kier alpha value is -2.11. The van der Waals surface area contributed by atoms with E-state index in [0.717, 1.165) is 70.6 Å². The molecule has 69 heavy (non-hydrogen) atoms. The van der Waals surface area contributed by atoms with Gasteiger partial charge in [-0.05, 0) is 70.6 Å². The Kier molecular flexibility index (Phi) is 56.7. The van der Waals surface area contributed by atoms with Crippen LogP contribution < -0.4 is 0 Å². The van der Waals surface area contributed by atoms with Crippen molar-refractivity contribution in [3.8, 4) is 0 Å². The molecule has 0 spiro atoms. The molecule has 0 rings (SSSR count). The van der Waals surface area contributed by atoms with Gasteiger partial charge in [0.05, 0.1) is 0 Å². The predicted molar refractivity (Wildman–Crippen MR) is 298 cm³/mol. The molecule has 0 aromatic heterocycles. The first-order valence-corrected chi connectivity index (χ1v) is 30.8. The van der Waals surface area contributed by atoms with Gasteiger partial charge < -0.3 is 14.2 Å². The molecule has 0 fully saturated rings. The fraction of sp³-hybridized carbons (Fsp3) is 0.889. The molecule has 0 aliphatic heterocycles. The lowest BCUT2D eigenvalue weighted by atomic mass is 10.0. The van der Waals surface area contributed by atoms with Gasteiger partial charge in [-0.1, -0.05) is 276 Å². The standard InChI is InChI=1S/C63H118O6/c1-4-7-10-13-16-19-22-25-26-27-28-29-30-31-32-33-34-35-36-37-39-41-44-47-50-53-56-62(65)68-59-60(58-67-61(64)55-52-49-46-43-40-24-21-18-15-12-9-6-3)69-63(66)57-54-51-48-45-42-38-23-20-17-14-11-8-5-2/h18,20-21,23,60H,4-17,19,22,24-59H2,1-3H3/b21-18-,23-20-. The summed E-state index contributed by atoms with van der Waals surface area (Å²) in [6, 6.07) is 0. The van der Waals surface area contributed by atoms with Crippen LogP contribution in [0.1, 0.15) is 342 Å². The van der Waals surface area contributed by atoms with Crippen LogP contribution in [-0.4, -0.2) is 37.2 Å². The summed E-state index contributed by atoms with van der Waals surface area (Å²) in [5.41, 5.74) is 0.